The van der Waals surface area contributed by atoms with E-state index < -0.39 is 0 Å². The standard InChI is InChI=1S/C18H18O6/c1-21-17-9-13(11-19)3-5-15(17)23-7-8-24-16-6-4-14(12-20)10-18(16)22-2/h3-6,9-12H,7-8H2,1-2H3. The molecular weight excluding hydrogens is 312 g/mol. The van der Waals surface area contributed by atoms with Crippen LogP contribution in [0.1, 0.15) is 20.7 Å². The highest BCUT2D eigenvalue weighted by molar-refractivity contribution is 5.76. The fourth-order valence-corrected chi connectivity index (χ4v) is 2.06. The minimum atomic E-state index is 0.273. The maximum absolute atomic E-state index is 10.8. The molecule has 0 bridgehead atoms. The summed E-state index contributed by atoms with van der Waals surface area (Å²) in [7, 11) is 3.01. The molecule has 0 atom stereocenters. The number of carbonyl (C=O) groups is 2. The molecule has 0 saturated heterocycles. The number of aldehydes is 2. The Hall–Kier alpha value is -3.02. The Bertz CT molecular complexity index is 649. The number of benzene rings is 2. The molecule has 2 aromatic carbocycles. The van der Waals surface area contributed by atoms with Crippen LogP contribution in [0.3, 0.4) is 0 Å². The lowest BCUT2D eigenvalue weighted by atomic mass is 10.2. The first kappa shape index (κ1) is 17.3. The zero-order chi connectivity index (χ0) is 17.4. The maximum atomic E-state index is 10.8. The highest BCUT2D eigenvalue weighted by atomic mass is 16.5. The summed E-state index contributed by atoms with van der Waals surface area (Å²) in [5.41, 5.74) is 1.02. The van der Waals surface area contributed by atoms with Gasteiger partial charge in [-0.2, -0.15) is 0 Å². The lowest BCUT2D eigenvalue weighted by Gasteiger charge is -2.13. The van der Waals surface area contributed by atoms with Crippen LogP contribution in [0.25, 0.3) is 0 Å². The molecule has 0 spiro atoms. The van der Waals surface area contributed by atoms with Crippen molar-refractivity contribution < 1.29 is 28.5 Å². The van der Waals surface area contributed by atoms with E-state index in [1.165, 1.54) is 14.2 Å². The molecule has 0 aromatic heterocycles. The van der Waals surface area contributed by atoms with Gasteiger partial charge in [-0.3, -0.25) is 9.59 Å². The van der Waals surface area contributed by atoms with Crippen molar-refractivity contribution in [2.24, 2.45) is 0 Å². The Morgan fingerprint density at radius 2 is 1.12 bits per heavy atom. The molecule has 0 aliphatic carbocycles. The largest absolute Gasteiger partial charge is 0.493 e. The summed E-state index contributed by atoms with van der Waals surface area (Å²) in [5, 5.41) is 0. The van der Waals surface area contributed by atoms with Gasteiger partial charge in [-0.1, -0.05) is 0 Å². The lowest BCUT2D eigenvalue weighted by Crippen LogP contribution is -2.10. The second-order valence-electron chi connectivity index (χ2n) is 4.75. The number of carbonyl (C=O) groups excluding carboxylic acids is 2. The smallest absolute Gasteiger partial charge is 0.161 e. The van der Waals surface area contributed by atoms with Gasteiger partial charge in [0, 0.05) is 11.1 Å². The Morgan fingerprint density at radius 1 is 0.708 bits per heavy atom. The van der Waals surface area contributed by atoms with E-state index in [1.54, 1.807) is 36.4 Å². The third-order valence-electron chi connectivity index (χ3n) is 3.25. The Balaban J connectivity index is 1.93. The van der Waals surface area contributed by atoms with E-state index in [4.69, 9.17) is 18.9 Å². The molecule has 2 aromatic rings. The molecule has 0 fully saturated rings. The predicted molar refractivity (Wildman–Crippen MR) is 87.8 cm³/mol. The molecule has 0 aliphatic rings. The molecule has 0 unspecified atom stereocenters. The van der Waals surface area contributed by atoms with Crippen LogP contribution in [0, 0.1) is 0 Å². The molecule has 6 heteroatoms. The number of methoxy groups -OCH3 is 2. The van der Waals surface area contributed by atoms with Gasteiger partial charge in [0.15, 0.2) is 23.0 Å². The SMILES string of the molecule is COc1cc(C=O)ccc1OCCOc1ccc(C=O)cc1OC. The van der Waals surface area contributed by atoms with Crippen LogP contribution in [-0.4, -0.2) is 40.0 Å². The van der Waals surface area contributed by atoms with Crippen LogP contribution >= 0.6 is 0 Å². The summed E-state index contributed by atoms with van der Waals surface area (Å²) in [6, 6.07) is 9.83. The topological polar surface area (TPSA) is 71.1 Å². The molecule has 0 radical (unpaired) electrons. The van der Waals surface area contributed by atoms with Gasteiger partial charge in [0.05, 0.1) is 14.2 Å². The number of hydrogen-bond acceptors (Lipinski definition) is 6. The van der Waals surface area contributed by atoms with E-state index in [1.807, 2.05) is 0 Å². The summed E-state index contributed by atoms with van der Waals surface area (Å²) in [6.07, 6.45) is 1.48. The number of rotatable bonds is 9. The molecule has 2 rings (SSSR count). The van der Waals surface area contributed by atoms with Crippen molar-refractivity contribution in [3.05, 3.63) is 47.5 Å². The van der Waals surface area contributed by atoms with E-state index in [2.05, 4.69) is 0 Å². The first-order valence-electron chi connectivity index (χ1n) is 7.24. The first-order valence-corrected chi connectivity index (χ1v) is 7.24. The van der Waals surface area contributed by atoms with Gasteiger partial charge in [0.25, 0.3) is 0 Å². The van der Waals surface area contributed by atoms with Crippen molar-refractivity contribution >= 4 is 12.6 Å². The summed E-state index contributed by atoms with van der Waals surface area (Å²) < 4.78 is 21.6. The highest BCUT2D eigenvalue weighted by Crippen LogP contribution is 2.29. The first-order chi connectivity index (χ1) is 11.7. The minimum absolute atomic E-state index is 0.273. The van der Waals surface area contributed by atoms with E-state index >= 15 is 0 Å². The minimum Gasteiger partial charge on any atom is -0.493 e. The summed E-state index contributed by atoms with van der Waals surface area (Å²) >= 11 is 0. The normalized spacial score (nSPS) is 9.92. The van der Waals surface area contributed by atoms with Crippen molar-refractivity contribution in [1.82, 2.24) is 0 Å². The van der Waals surface area contributed by atoms with Gasteiger partial charge in [-0.05, 0) is 36.4 Å². The fourth-order valence-electron chi connectivity index (χ4n) is 2.06. The van der Waals surface area contributed by atoms with Gasteiger partial charge in [0.2, 0.25) is 0 Å². The second kappa shape index (κ2) is 8.57. The monoisotopic (exact) mass is 330 g/mol. The van der Waals surface area contributed by atoms with E-state index in [9.17, 15) is 9.59 Å². The van der Waals surface area contributed by atoms with Gasteiger partial charge in [-0.15, -0.1) is 0 Å². The Kier molecular flexibility index (Phi) is 6.19. The third-order valence-corrected chi connectivity index (χ3v) is 3.25. The van der Waals surface area contributed by atoms with Crippen LogP contribution < -0.4 is 18.9 Å². The zero-order valence-corrected chi connectivity index (χ0v) is 13.5. The van der Waals surface area contributed by atoms with E-state index in [0.29, 0.717) is 34.1 Å². The third kappa shape index (κ3) is 4.25. The van der Waals surface area contributed by atoms with E-state index in [0.717, 1.165) is 12.6 Å². The predicted octanol–water partition coefficient (Wildman–Crippen LogP) is 2.79. The van der Waals surface area contributed by atoms with Crippen molar-refractivity contribution in [1.29, 1.82) is 0 Å². The van der Waals surface area contributed by atoms with E-state index in [-0.39, 0.29) is 13.2 Å². The lowest BCUT2D eigenvalue weighted by molar-refractivity contribution is 0.111. The van der Waals surface area contributed by atoms with Gasteiger partial charge >= 0.3 is 0 Å². The summed E-state index contributed by atoms with van der Waals surface area (Å²) in [6.45, 7) is 0.546. The van der Waals surface area contributed by atoms with Gasteiger partial charge in [0.1, 0.15) is 25.8 Å². The van der Waals surface area contributed by atoms with Crippen molar-refractivity contribution in [2.45, 2.75) is 0 Å². The number of ether oxygens (including phenoxy) is 4. The maximum Gasteiger partial charge on any atom is 0.161 e. The van der Waals surface area contributed by atoms with Crippen LogP contribution in [0.4, 0.5) is 0 Å². The Morgan fingerprint density at radius 3 is 1.46 bits per heavy atom. The molecule has 24 heavy (non-hydrogen) atoms. The molecule has 126 valence electrons. The van der Waals surface area contributed by atoms with Gasteiger partial charge < -0.3 is 18.9 Å². The molecule has 0 amide bonds. The average molecular weight is 330 g/mol. The van der Waals surface area contributed by atoms with Crippen LogP contribution in [-0.2, 0) is 0 Å². The van der Waals surface area contributed by atoms with Crippen LogP contribution in [0.2, 0.25) is 0 Å². The van der Waals surface area contributed by atoms with Crippen molar-refractivity contribution in [2.75, 3.05) is 27.4 Å². The summed E-state index contributed by atoms with van der Waals surface area (Å²) in [4.78, 5) is 21.5. The Labute approximate surface area is 139 Å². The summed E-state index contributed by atoms with van der Waals surface area (Å²) in [5.74, 6) is 2.00. The fraction of sp³-hybridized carbons (Fsp3) is 0.222. The van der Waals surface area contributed by atoms with Crippen LogP contribution in [0.5, 0.6) is 23.0 Å². The molecular formula is C18H18O6. The second-order valence-corrected chi connectivity index (χ2v) is 4.75. The molecule has 0 saturated carbocycles. The molecule has 0 aliphatic heterocycles. The molecule has 0 N–H and O–H groups in total. The van der Waals surface area contributed by atoms with Crippen molar-refractivity contribution in [3.63, 3.8) is 0 Å². The average Bonchev–Trinajstić information content (AvgIpc) is 2.65. The molecule has 6 nitrogen and oxygen atoms in total. The van der Waals surface area contributed by atoms with Gasteiger partial charge in [-0.25, -0.2) is 0 Å². The van der Waals surface area contributed by atoms with Crippen LogP contribution in [0.15, 0.2) is 36.4 Å². The number of hydrogen-bond donors (Lipinski definition) is 0. The van der Waals surface area contributed by atoms with Crippen molar-refractivity contribution in [3.8, 4) is 23.0 Å². The zero-order valence-electron chi connectivity index (χ0n) is 13.5. The highest BCUT2D eigenvalue weighted by Gasteiger charge is 2.08. The quantitative estimate of drug-likeness (QED) is 0.520. The molecule has 0 heterocycles.